The molecule has 138 valence electrons. The van der Waals surface area contributed by atoms with Gasteiger partial charge >= 0.3 is 0 Å². The van der Waals surface area contributed by atoms with Crippen LogP contribution in [0.4, 0.5) is 0 Å². The first kappa shape index (κ1) is 17.3. The molecule has 1 aliphatic heterocycles. The third-order valence-corrected chi connectivity index (χ3v) is 8.85. The predicted molar refractivity (Wildman–Crippen MR) is 90.8 cm³/mol. The van der Waals surface area contributed by atoms with E-state index in [4.69, 9.17) is 4.74 Å². The normalized spacial score (nSPS) is 59.4. The molecule has 3 saturated carbocycles. The van der Waals surface area contributed by atoms with Crippen molar-refractivity contribution in [2.24, 2.45) is 39.9 Å². The Kier molecular flexibility index (Phi) is 3.73. The fraction of sp³-hybridized carbons (Fsp3) is 1.00. The second-order valence-electron chi connectivity index (χ2n) is 10.3. The summed E-state index contributed by atoms with van der Waals surface area (Å²) in [6.07, 6.45) is 4.14. The molecule has 0 radical (unpaired) electrons. The molecule has 3 N–H and O–H groups in total. The molecule has 0 spiro atoms. The minimum atomic E-state index is -1.04. The first-order chi connectivity index (χ1) is 11.1. The Bertz CT molecular complexity index is 520. The van der Waals surface area contributed by atoms with E-state index >= 15 is 0 Å². The number of fused-ring (bicyclic) bond motifs is 5. The summed E-state index contributed by atoms with van der Waals surface area (Å²) < 4.78 is 5.35. The zero-order valence-corrected chi connectivity index (χ0v) is 15.5. The number of aliphatic hydroxyl groups is 3. The summed E-state index contributed by atoms with van der Waals surface area (Å²) in [6.45, 7) is 9.55. The van der Waals surface area contributed by atoms with Crippen LogP contribution in [0, 0.1) is 39.9 Å². The molecule has 9 unspecified atom stereocenters. The third kappa shape index (κ3) is 2.06. The van der Waals surface area contributed by atoms with Crippen molar-refractivity contribution >= 4 is 0 Å². The number of rotatable bonds is 0. The Balaban J connectivity index is 1.76. The SMILES string of the molecule is CC1(C)CCCC2(C)C1CCC1(C)C3C(O)OC(O)C3C(O)CC12. The zero-order chi connectivity index (χ0) is 17.5. The summed E-state index contributed by atoms with van der Waals surface area (Å²) in [5, 5.41) is 31.5. The van der Waals surface area contributed by atoms with Gasteiger partial charge in [-0.25, -0.2) is 0 Å². The molecule has 3 aliphatic carbocycles. The predicted octanol–water partition coefficient (Wildman–Crippen LogP) is 2.90. The average Bonchev–Trinajstić information content (AvgIpc) is 2.77. The lowest BCUT2D eigenvalue weighted by Crippen LogP contribution is -2.62. The molecular weight excluding hydrogens is 304 g/mol. The lowest BCUT2D eigenvalue weighted by atomic mass is 9.38. The van der Waals surface area contributed by atoms with Gasteiger partial charge in [0.1, 0.15) is 0 Å². The quantitative estimate of drug-likeness (QED) is 0.635. The van der Waals surface area contributed by atoms with Crippen molar-refractivity contribution in [2.45, 2.75) is 84.9 Å². The van der Waals surface area contributed by atoms with Crippen molar-refractivity contribution in [3.63, 3.8) is 0 Å². The van der Waals surface area contributed by atoms with E-state index in [0.29, 0.717) is 17.3 Å². The first-order valence-corrected chi connectivity index (χ1v) is 9.81. The molecule has 0 aromatic carbocycles. The van der Waals surface area contributed by atoms with Crippen molar-refractivity contribution in [3.8, 4) is 0 Å². The van der Waals surface area contributed by atoms with Gasteiger partial charge < -0.3 is 20.1 Å². The van der Waals surface area contributed by atoms with Crippen LogP contribution < -0.4 is 0 Å². The molecule has 4 fully saturated rings. The van der Waals surface area contributed by atoms with Gasteiger partial charge in [0.15, 0.2) is 12.6 Å². The second-order valence-corrected chi connectivity index (χ2v) is 10.3. The molecule has 4 aliphatic rings. The fourth-order valence-corrected chi connectivity index (χ4v) is 7.90. The van der Waals surface area contributed by atoms with Crippen molar-refractivity contribution in [2.75, 3.05) is 0 Å². The van der Waals surface area contributed by atoms with E-state index in [0.717, 1.165) is 12.8 Å². The Morgan fingerprint density at radius 1 is 0.833 bits per heavy atom. The topological polar surface area (TPSA) is 69.9 Å². The molecule has 1 heterocycles. The van der Waals surface area contributed by atoms with Crippen molar-refractivity contribution in [1.82, 2.24) is 0 Å². The van der Waals surface area contributed by atoms with Gasteiger partial charge in [0.25, 0.3) is 0 Å². The Morgan fingerprint density at radius 2 is 1.54 bits per heavy atom. The molecule has 4 nitrogen and oxygen atoms in total. The summed E-state index contributed by atoms with van der Waals surface area (Å²) in [6, 6.07) is 0. The highest BCUT2D eigenvalue weighted by Crippen LogP contribution is 2.70. The summed E-state index contributed by atoms with van der Waals surface area (Å²) in [5.74, 6) is 0.537. The Labute approximate surface area is 145 Å². The van der Waals surface area contributed by atoms with Crippen LogP contribution in [0.5, 0.6) is 0 Å². The third-order valence-electron chi connectivity index (χ3n) is 8.85. The smallest absolute Gasteiger partial charge is 0.163 e. The van der Waals surface area contributed by atoms with Gasteiger partial charge in [0.05, 0.1) is 6.10 Å². The minimum Gasteiger partial charge on any atom is -0.393 e. The minimum absolute atomic E-state index is 0.0700. The molecular formula is C20H34O4. The van der Waals surface area contributed by atoms with Gasteiger partial charge in [-0.1, -0.05) is 34.1 Å². The monoisotopic (exact) mass is 338 g/mol. The van der Waals surface area contributed by atoms with Gasteiger partial charge in [0, 0.05) is 11.8 Å². The van der Waals surface area contributed by atoms with Crippen LogP contribution in [-0.4, -0.2) is 34.0 Å². The summed E-state index contributed by atoms with van der Waals surface area (Å²) in [5.41, 5.74) is 0.480. The molecule has 24 heavy (non-hydrogen) atoms. The maximum absolute atomic E-state index is 10.8. The molecule has 4 rings (SSSR count). The molecule has 0 aromatic rings. The number of ether oxygens (including phenoxy) is 1. The molecule has 0 amide bonds. The van der Waals surface area contributed by atoms with E-state index < -0.39 is 18.7 Å². The summed E-state index contributed by atoms with van der Waals surface area (Å²) in [4.78, 5) is 0. The summed E-state index contributed by atoms with van der Waals surface area (Å²) in [7, 11) is 0. The van der Waals surface area contributed by atoms with E-state index in [1.165, 1.54) is 25.7 Å². The van der Waals surface area contributed by atoms with Crippen LogP contribution >= 0.6 is 0 Å². The van der Waals surface area contributed by atoms with Crippen LogP contribution in [0.3, 0.4) is 0 Å². The Morgan fingerprint density at radius 3 is 2.25 bits per heavy atom. The highest BCUT2D eigenvalue weighted by molar-refractivity contribution is 5.13. The van der Waals surface area contributed by atoms with E-state index in [9.17, 15) is 15.3 Å². The average molecular weight is 338 g/mol. The van der Waals surface area contributed by atoms with E-state index in [-0.39, 0.29) is 22.7 Å². The lowest BCUT2D eigenvalue weighted by Gasteiger charge is -2.66. The van der Waals surface area contributed by atoms with Crippen LogP contribution in [-0.2, 0) is 4.74 Å². The summed E-state index contributed by atoms with van der Waals surface area (Å²) >= 11 is 0. The van der Waals surface area contributed by atoms with Crippen molar-refractivity contribution < 1.29 is 20.1 Å². The van der Waals surface area contributed by atoms with Crippen LogP contribution in [0.15, 0.2) is 0 Å². The van der Waals surface area contributed by atoms with E-state index in [1.807, 2.05) is 0 Å². The van der Waals surface area contributed by atoms with Crippen LogP contribution in [0.25, 0.3) is 0 Å². The van der Waals surface area contributed by atoms with Gasteiger partial charge in [-0.3, -0.25) is 0 Å². The zero-order valence-electron chi connectivity index (χ0n) is 15.5. The standard InChI is InChI=1S/C20H34O4/c1-18(2)7-5-8-19(3)12(18)6-9-20(4)13(19)10-11(21)14-15(20)17(23)24-16(14)22/h11-17,21-23H,5-10H2,1-4H3. The fourth-order valence-electron chi connectivity index (χ4n) is 7.90. The van der Waals surface area contributed by atoms with Crippen LogP contribution in [0.2, 0.25) is 0 Å². The molecule has 4 heteroatoms. The van der Waals surface area contributed by atoms with Gasteiger partial charge in [-0.2, -0.15) is 0 Å². The number of hydrogen-bond acceptors (Lipinski definition) is 4. The highest BCUT2D eigenvalue weighted by Gasteiger charge is 2.67. The number of aliphatic hydroxyl groups excluding tert-OH is 3. The highest BCUT2D eigenvalue weighted by atomic mass is 16.7. The number of hydrogen-bond donors (Lipinski definition) is 3. The lowest BCUT2D eigenvalue weighted by molar-refractivity contribution is -0.214. The van der Waals surface area contributed by atoms with Crippen molar-refractivity contribution in [1.29, 1.82) is 0 Å². The van der Waals surface area contributed by atoms with Crippen molar-refractivity contribution in [3.05, 3.63) is 0 Å². The first-order valence-electron chi connectivity index (χ1n) is 9.81. The second kappa shape index (κ2) is 5.18. The largest absolute Gasteiger partial charge is 0.393 e. The van der Waals surface area contributed by atoms with E-state index in [1.54, 1.807) is 0 Å². The Hall–Kier alpha value is -0.160. The van der Waals surface area contributed by atoms with Gasteiger partial charge in [-0.05, 0) is 60.2 Å². The molecule has 1 saturated heterocycles. The maximum Gasteiger partial charge on any atom is 0.163 e. The van der Waals surface area contributed by atoms with Gasteiger partial charge in [-0.15, -0.1) is 0 Å². The molecule has 0 bridgehead atoms. The van der Waals surface area contributed by atoms with E-state index in [2.05, 4.69) is 27.7 Å². The molecule has 9 atom stereocenters. The maximum atomic E-state index is 10.8. The molecule has 0 aromatic heterocycles. The van der Waals surface area contributed by atoms with Gasteiger partial charge in [0.2, 0.25) is 0 Å². The van der Waals surface area contributed by atoms with Crippen LogP contribution in [0.1, 0.15) is 66.2 Å².